The molecule has 4 aliphatic carbocycles. The van der Waals surface area contributed by atoms with Crippen molar-refractivity contribution in [1.82, 2.24) is 15.1 Å². The van der Waals surface area contributed by atoms with Gasteiger partial charge in [0.2, 0.25) is 5.91 Å². The van der Waals surface area contributed by atoms with Crippen molar-refractivity contribution in [2.45, 2.75) is 110 Å². The fourth-order valence-corrected chi connectivity index (χ4v) is 11.4. The molecule has 11 atom stereocenters. The number of likely N-dealkylation sites (N-methyl/N-ethyl adjacent to an activating group) is 1. The van der Waals surface area contributed by atoms with E-state index >= 15 is 0 Å². The van der Waals surface area contributed by atoms with E-state index in [4.69, 9.17) is 9.47 Å². The molecule has 3 heterocycles. The van der Waals surface area contributed by atoms with Gasteiger partial charge in [0.15, 0.2) is 5.79 Å². The lowest BCUT2D eigenvalue weighted by molar-refractivity contribution is -0.272. The average Bonchev–Trinajstić information content (AvgIpc) is 3.40. The Bertz CT molecular complexity index is 1030. The molecule has 1 spiro atoms. The molecule has 6 heteroatoms. The molecule has 230 valence electrons. The Morgan fingerprint density at radius 3 is 2.61 bits per heavy atom. The summed E-state index contributed by atoms with van der Waals surface area (Å²) in [7, 11) is 2.18. The van der Waals surface area contributed by atoms with Crippen LogP contribution in [0, 0.1) is 46.3 Å². The van der Waals surface area contributed by atoms with E-state index in [0.717, 1.165) is 76.3 Å². The van der Waals surface area contributed by atoms with Crippen molar-refractivity contribution in [3.8, 4) is 0 Å². The number of nitrogens with zero attached hydrogens (tertiary/aromatic N) is 2. The zero-order valence-corrected chi connectivity index (χ0v) is 26.6. The Kier molecular flexibility index (Phi) is 7.44. The number of piperazine rings is 1. The maximum Gasteiger partial charge on any atom is 0.221 e. The number of nitrogens with one attached hydrogen (secondary N) is 1. The van der Waals surface area contributed by atoms with E-state index in [1.165, 1.54) is 38.5 Å². The number of carbonyl (C=O) groups excluding carboxylic acids is 1. The van der Waals surface area contributed by atoms with Gasteiger partial charge in [0.1, 0.15) is 0 Å². The number of fused-ring (bicyclic) bond motifs is 7. The molecular weight excluding hydrogens is 510 g/mol. The largest absolute Gasteiger partial charge is 0.353 e. The minimum absolute atomic E-state index is 0.251. The van der Waals surface area contributed by atoms with Crippen LogP contribution in [0.25, 0.3) is 0 Å². The highest BCUT2D eigenvalue weighted by Gasteiger charge is 2.68. The van der Waals surface area contributed by atoms with Crippen LogP contribution in [0.5, 0.6) is 0 Å². The molecule has 7 aliphatic rings. The van der Waals surface area contributed by atoms with Crippen molar-refractivity contribution < 1.29 is 14.3 Å². The van der Waals surface area contributed by atoms with Crippen molar-refractivity contribution >= 4 is 5.91 Å². The monoisotopic (exact) mass is 567 g/mol. The summed E-state index contributed by atoms with van der Waals surface area (Å²) in [6, 6.07) is 0.314. The third kappa shape index (κ3) is 4.77. The van der Waals surface area contributed by atoms with Crippen LogP contribution in [0.4, 0.5) is 0 Å². The highest BCUT2D eigenvalue weighted by atomic mass is 16.7. The van der Waals surface area contributed by atoms with Crippen molar-refractivity contribution in [2.24, 2.45) is 46.3 Å². The molecule has 6 nitrogen and oxygen atoms in total. The van der Waals surface area contributed by atoms with E-state index in [1.54, 1.807) is 5.57 Å². The maximum absolute atomic E-state index is 12.9. The number of amides is 1. The first-order valence-electron chi connectivity index (χ1n) is 17.3. The SMILES string of the molecule is C[C@@H]1CC[C@@]2(OC1)O[C@H]1C[C@H]3[C@@H]4CC=C5C[C@H](NC(=O)CCN6CCN(C)CC6)CC[C@]5(C)[C@H]4CC[C@]3(C)[C@H]1[C@@H]2C. The topological polar surface area (TPSA) is 54.0 Å². The van der Waals surface area contributed by atoms with Crippen molar-refractivity contribution in [3.05, 3.63) is 11.6 Å². The second-order valence-corrected chi connectivity index (χ2v) is 16.2. The lowest BCUT2D eigenvalue weighted by Crippen LogP contribution is -2.53. The van der Waals surface area contributed by atoms with E-state index in [2.05, 4.69) is 55.9 Å². The first kappa shape index (κ1) is 28.8. The van der Waals surface area contributed by atoms with E-state index in [9.17, 15) is 4.79 Å². The molecule has 0 bridgehead atoms. The van der Waals surface area contributed by atoms with Gasteiger partial charge in [-0.3, -0.25) is 4.79 Å². The Labute approximate surface area is 249 Å². The van der Waals surface area contributed by atoms with E-state index < -0.39 is 0 Å². The van der Waals surface area contributed by atoms with Crippen LogP contribution in [0.2, 0.25) is 0 Å². The molecule has 3 saturated carbocycles. The Morgan fingerprint density at radius 1 is 1.05 bits per heavy atom. The molecular formula is C35H57N3O3. The molecule has 1 N–H and O–H groups in total. The van der Waals surface area contributed by atoms with Crippen molar-refractivity contribution in [2.75, 3.05) is 46.4 Å². The van der Waals surface area contributed by atoms with Crippen LogP contribution in [-0.2, 0) is 14.3 Å². The Morgan fingerprint density at radius 2 is 1.85 bits per heavy atom. The molecule has 3 saturated heterocycles. The molecule has 0 aromatic carbocycles. The summed E-state index contributed by atoms with van der Waals surface area (Å²) < 4.78 is 13.5. The van der Waals surface area contributed by atoms with Crippen LogP contribution in [-0.4, -0.2) is 80.0 Å². The van der Waals surface area contributed by atoms with Gasteiger partial charge >= 0.3 is 0 Å². The van der Waals surface area contributed by atoms with E-state index in [1.807, 2.05) is 0 Å². The third-order valence-electron chi connectivity index (χ3n) is 14.0. The number of hydrogen-bond donors (Lipinski definition) is 1. The number of carbonyl (C=O) groups is 1. The standard InChI is InChI=1S/C35H57N3O3/c1-23-8-14-35(40-22-23)24(2)32-30(41-35)21-29-27-7-6-25-20-26(9-12-33(25,3)28(27)10-13-34(29,32)4)36-31(39)11-15-38-18-16-37(5)17-19-38/h6,23-24,26-30,32H,7-22H2,1-5H3,(H,36,39)/t23-,24+,26-,27-,28+,29+,30+,32+,33+,34+,35-/m1/s1. The zero-order valence-electron chi connectivity index (χ0n) is 26.6. The number of rotatable bonds is 4. The predicted octanol–water partition coefficient (Wildman–Crippen LogP) is 5.48. The summed E-state index contributed by atoms with van der Waals surface area (Å²) in [5.74, 6) is 4.05. The van der Waals surface area contributed by atoms with Gasteiger partial charge in [-0.25, -0.2) is 0 Å². The lowest BCUT2D eigenvalue weighted by atomic mass is 9.46. The molecule has 1 amide bonds. The average molecular weight is 568 g/mol. The molecule has 0 aromatic heterocycles. The summed E-state index contributed by atoms with van der Waals surface area (Å²) >= 11 is 0. The second-order valence-electron chi connectivity index (χ2n) is 16.2. The Balaban J connectivity index is 0.988. The van der Waals surface area contributed by atoms with Gasteiger partial charge in [-0.1, -0.05) is 39.3 Å². The third-order valence-corrected chi connectivity index (χ3v) is 14.0. The van der Waals surface area contributed by atoms with Gasteiger partial charge in [0.25, 0.3) is 0 Å². The van der Waals surface area contributed by atoms with Gasteiger partial charge < -0.3 is 24.6 Å². The highest BCUT2D eigenvalue weighted by Crippen LogP contribution is 2.70. The van der Waals surface area contributed by atoms with Gasteiger partial charge in [0, 0.05) is 57.5 Å². The first-order chi connectivity index (χ1) is 19.6. The maximum atomic E-state index is 12.9. The molecule has 41 heavy (non-hydrogen) atoms. The summed E-state index contributed by atoms with van der Waals surface area (Å²) in [4.78, 5) is 17.7. The van der Waals surface area contributed by atoms with Gasteiger partial charge in [-0.15, -0.1) is 0 Å². The predicted molar refractivity (Wildman–Crippen MR) is 162 cm³/mol. The number of hydrogen-bond acceptors (Lipinski definition) is 5. The van der Waals surface area contributed by atoms with Crippen molar-refractivity contribution in [1.29, 1.82) is 0 Å². The fraction of sp³-hybridized carbons (Fsp3) is 0.914. The highest BCUT2D eigenvalue weighted by molar-refractivity contribution is 5.76. The quantitative estimate of drug-likeness (QED) is 0.457. The minimum atomic E-state index is -0.314. The normalized spacial score (nSPS) is 50.0. The molecule has 0 unspecified atom stereocenters. The number of allylic oxidation sites excluding steroid dienone is 1. The zero-order chi connectivity index (χ0) is 28.6. The minimum Gasteiger partial charge on any atom is -0.353 e. The van der Waals surface area contributed by atoms with Gasteiger partial charge in [0.05, 0.1) is 12.7 Å². The molecule has 6 fully saturated rings. The molecule has 7 rings (SSSR count). The number of ether oxygens (including phenoxy) is 2. The summed E-state index contributed by atoms with van der Waals surface area (Å²) in [5.41, 5.74) is 2.33. The summed E-state index contributed by atoms with van der Waals surface area (Å²) in [5, 5.41) is 3.45. The lowest BCUT2D eigenvalue weighted by Gasteiger charge is -2.58. The van der Waals surface area contributed by atoms with Crippen LogP contribution in [0.3, 0.4) is 0 Å². The van der Waals surface area contributed by atoms with Crippen LogP contribution < -0.4 is 5.32 Å². The summed E-state index contributed by atoms with van der Waals surface area (Å²) in [6.07, 6.45) is 14.5. The molecule has 0 aromatic rings. The second kappa shape index (κ2) is 10.6. The van der Waals surface area contributed by atoms with E-state index in [0.29, 0.717) is 47.2 Å². The van der Waals surface area contributed by atoms with Crippen LogP contribution >= 0.6 is 0 Å². The van der Waals surface area contributed by atoms with Crippen molar-refractivity contribution in [3.63, 3.8) is 0 Å². The fourth-order valence-electron chi connectivity index (χ4n) is 11.4. The summed E-state index contributed by atoms with van der Waals surface area (Å²) in [6.45, 7) is 16.1. The van der Waals surface area contributed by atoms with Gasteiger partial charge in [-0.2, -0.15) is 0 Å². The van der Waals surface area contributed by atoms with Gasteiger partial charge in [-0.05, 0) is 98.8 Å². The first-order valence-corrected chi connectivity index (χ1v) is 17.3. The smallest absolute Gasteiger partial charge is 0.221 e. The molecule has 0 radical (unpaired) electrons. The van der Waals surface area contributed by atoms with Crippen LogP contribution in [0.1, 0.15) is 91.9 Å². The van der Waals surface area contributed by atoms with E-state index in [-0.39, 0.29) is 11.7 Å². The Hall–Kier alpha value is -0.950. The molecule has 3 aliphatic heterocycles. The van der Waals surface area contributed by atoms with Crippen LogP contribution in [0.15, 0.2) is 11.6 Å².